The number of amides is 3. The summed E-state index contributed by atoms with van der Waals surface area (Å²) in [5.74, 6) is -1.71. The first-order valence-corrected chi connectivity index (χ1v) is 11.1. The van der Waals surface area contributed by atoms with E-state index in [4.69, 9.17) is 9.47 Å². The Kier molecular flexibility index (Phi) is 9.51. The fraction of sp³-hybridized carbons (Fsp3) is 0.154. The van der Waals surface area contributed by atoms with E-state index in [0.717, 1.165) is 6.42 Å². The van der Waals surface area contributed by atoms with Gasteiger partial charge in [-0.1, -0.05) is 19.1 Å². The van der Waals surface area contributed by atoms with E-state index in [1.807, 2.05) is 6.92 Å². The molecular formula is C26H25FN4O5. The Morgan fingerprint density at radius 3 is 2.25 bits per heavy atom. The van der Waals surface area contributed by atoms with Gasteiger partial charge < -0.3 is 20.1 Å². The van der Waals surface area contributed by atoms with E-state index >= 15 is 0 Å². The average Bonchev–Trinajstić information content (AvgIpc) is 2.89. The standard InChI is InChI=1S/C26H25FN4O5/c1-2-15-35-22-13-11-21(12-14-22)30-25(33)26(34)31-28-16-18-5-3-4-6-23(18)36-17-24(32)29-20-9-7-19(27)8-10-20/h3-14,16H,2,15,17H2,1H3,(H,29,32)(H,30,33)(H,31,34)/b28-16-. The molecule has 0 bridgehead atoms. The Balaban J connectivity index is 1.49. The van der Waals surface area contributed by atoms with Crippen molar-refractivity contribution in [3.8, 4) is 11.5 Å². The lowest BCUT2D eigenvalue weighted by atomic mass is 10.2. The number of hydrogen-bond acceptors (Lipinski definition) is 6. The number of nitrogens with zero attached hydrogens (tertiary/aromatic N) is 1. The Bertz CT molecular complexity index is 1210. The van der Waals surface area contributed by atoms with Crippen LogP contribution in [0.2, 0.25) is 0 Å². The predicted molar refractivity (Wildman–Crippen MR) is 134 cm³/mol. The molecule has 0 atom stereocenters. The van der Waals surface area contributed by atoms with Crippen molar-refractivity contribution >= 4 is 35.3 Å². The van der Waals surface area contributed by atoms with Crippen LogP contribution in [0.25, 0.3) is 0 Å². The van der Waals surface area contributed by atoms with Gasteiger partial charge in [-0.3, -0.25) is 14.4 Å². The minimum absolute atomic E-state index is 0.306. The molecule has 0 spiro atoms. The van der Waals surface area contributed by atoms with Crippen molar-refractivity contribution in [3.05, 3.63) is 84.2 Å². The molecule has 0 radical (unpaired) electrons. The van der Waals surface area contributed by atoms with Crippen molar-refractivity contribution in [1.82, 2.24) is 5.43 Å². The summed E-state index contributed by atoms with van der Waals surface area (Å²) >= 11 is 0. The second-order valence-electron chi connectivity index (χ2n) is 7.41. The third-order valence-electron chi connectivity index (χ3n) is 4.57. The molecule has 0 aliphatic rings. The smallest absolute Gasteiger partial charge is 0.329 e. The minimum atomic E-state index is -0.963. The summed E-state index contributed by atoms with van der Waals surface area (Å²) in [6.45, 7) is 2.28. The zero-order valence-electron chi connectivity index (χ0n) is 19.5. The van der Waals surface area contributed by atoms with E-state index in [0.29, 0.717) is 35.0 Å². The maximum Gasteiger partial charge on any atom is 0.329 e. The number of ether oxygens (including phenoxy) is 2. The molecule has 0 unspecified atom stereocenters. The van der Waals surface area contributed by atoms with Crippen molar-refractivity contribution in [1.29, 1.82) is 0 Å². The number of nitrogens with one attached hydrogen (secondary N) is 3. The third-order valence-corrected chi connectivity index (χ3v) is 4.57. The lowest BCUT2D eigenvalue weighted by molar-refractivity contribution is -0.136. The Morgan fingerprint density at radius 2 is 1.53 bits per heavy atom. The van der Waals surface area contributed by atoms with E-state index in [-0.39, 0.29) is 6.61 Å². The van der Waals surface area contributed by atoms with Gasteiger partial charge in [0.15, 0.2) is 6.61 Å². The van der Waals surface area contributed by atoms with Gasteiger partial charge in [0.1, 0.15) is 17.3 Å². The number of hydrogen-bond donors (Lipinski definition) is 3. The number of halogens is 1. The fourth-order valence-electron chi connectivity index (χ4n) is 2.85. The lowest BCUT2D eigenvalue weighted by Crippen LogP contribution is -2.32. The molecule has 0 aliphatic carbocycles. The van der Waals surface area contributed by atoms with Gasteiger partial charge in [0, 0.05) is 16.9 Å². The Hall–Kier alpha value is -4.73. The normalized spacial score (nSPS) is 10.5. The molecule has 0 aromatic heterocycles. The van der Waals surface area contributed by atoms with Crippen LogP contribution in [0.15, 0.2) is 77.9 Å². The maximum atomic E-state index is 13.0. The molecule has 0 aliphatic heterocycles. The molecule has 0 heterocycles. The van der Waals surface area contributed by atoms with Crippen molar-refractivity contribution in [2.45, 2.75) is 13.3 Å². The summed E-state index contributed by atoms with van der Waals surface area (Å²) < 4.78 is 24.0. The molecule has 9 nitrogen and oxygen atoms in total. The molecule has 0 saturated carbocycles. The summed E-state index contributed by atoms with van der Waals surface area (Å²) in [7, 11) is 0. The highest BCUT2D eigenvalue weighted by molar-refractivity contribution is 6.39. The number of rotatable bonds is 10. The van der Waals surface area contributed by atoms with Crippen LogP contribution in [-0.2, 0) is 14.4 Å². The van der Waals surface area contributed by atoms with Crippen LogP contribution in [-0.4, -0.2) is 37.1 Å². The van der Waals surface area contributed by atoms with Crippen molar-refractivity contribution in [3.63, 3.8) is 0 Å². The first-order valence-electron chi connectivity index (χ1n) is 11.1. The maximum absolute atomic E-state index is 13.0. The number of hydrazone groups is 1. The number of benzene rings is 3. The lowest BCUT2D eigenvalue weighted by Gasteiger charge is -2.09. The highest BCUT2D eigenvalue weighted by Crippen LogP contribution is 2.17. The van der Waals surface area contributed by atoms with Gasteiger partial charge in [-0.25, -0.2) is 9.82 Å². The first kappa shape index (κ1) is 25.9. The molecule has 186 valence electrons. The SMILES string of the molecule is CCCOc1ccc(NC(=O)C(=O)N/N=C\c2ccccc2OCC(=O)Nc2ccc(F)cc2)cc1. The zero-order chi connectivity index (χ0) is 25.8. The quantitative estimate of drug-likeness (QED) is 0.227. The molecule has 10 heteroatoms. The highest BCUT2D eigenvalue weighted by Gasteiger charge is 2.13. The predicted octanol–water partition coefficient (Wildman–Crippen LogP) is 3.72. The molecule has 3 N–H and O–H groups in total. The van der Waals surface area contributed by atoms with Gasteiger partial charge in [0.2, 0.25) is 0 Å². The van der Waals surface area contributed by atoms with Crippen LogP contribution in [0.1, 0.15) is 18.9 Å². The molecule has 0 saturated heterocycles. The van der Waals surface area contributed by atoms with Crippen LogP contribution < -0.4 is 25.5 Å². The molecule has 36 heavy (non-hydrogen) atoms. The molecule has 0 fully saturated rings. The molecule has 3 aromatic carbocycles. The largest absolute Gasteiger partial charge is 0.494 e. The topological polar surface area (TPSA) is 118 Å². The molecule has 3 aromatic rings. The highest BCUT2D eigenvalue weighted by atomic mass is 19.1. The average molecular weight is 493 g/mol. The number of carbonyl (C=O) groups excluding carboxylic acids is 3. The number of anilines is 2. The van der Waals surface area contributed by atoms with Crippen LogP contribution in [0.4, 0.5) is 15.8 Å². The number of para-hydroxylation sites is 1. The summed E-state index contributed by atoms with van der Waals surface area (Å²) in [6, 6.07) is 18.7. The van der Waals surface area contributed by atoms with Gasteiger partial charge in [-0.15, -0.1) is 0 Å². The van der Waals surface area contributed by atoms with Crippen molar-refractivity contribution < 1.29 is 28.2 Å². The molecular weight excluding hydrogens is 467 g/mol. The van der Waals surface area contributed by atoms with E-state index in [1.165, 1.54) is 30.5 Å². The third kappa shape index (κ3) is 8.24. The van der Waals surface area contributed by atoms with E-state index in [2.05, 4.69) is 21.2 Å². The van der Waals surface area contributed by atoms with E-state index < -0.39 is 23.5 Å². The van der Waals surface area contributed by atoms with Gasteiger partial charge in [0.25, 0.3) is 5.91 Å². The monoisotopic (exact) mass is 492 g/mol. The summed E-state index contributed by atoms with van der Waals surface area (Å²) in [5, 5.41) is 8.85. The van der Waals surface area contributed by atoms with Gasteiger partial charge >= 0.3 is 11.8 Å². The van der Waals surface area contributed by atoms with Crippen LogP contribution >= 0.6 is 0 Å². The Labute approximate surface area is 207 Å². The van der Waals surface area contributed by atoms with Gasteiger partial charge in [-0.05, 0) is 67.1 Å². The summed E-state index contributed by atoms with van der Waals surface area (Å²) in [6.07, 6.45) is 2.17. The second-order valence-corrected chi connectivity index (χ2v) is 7.41. The van der Waals surface area contributed by atoms with Crippen LogP contribution in [0.3, 0.4) is 0 Å². The van der Waals surface area contributed by atoms with Gasteiger partial charge in [0.05, 0.1) is 12.8 Å². The molecule has 3 rings (SSSR count). The summed E-state index contributed by atoms with van der Waals surface area (Å²) in [5.41, 5.74) is 3.48. The van der Waals surface area contributed by atoms with Crippen molar-refractivity contribution in [2.24, 2.45) is 5.10 Å². The van der Waals surface area contributed by atoms with E-state index in [1.54, 1.807) is 48.5 Å². The first-order chi connectivity index (χ1) is 17.4. The fourth-order valence-corrected chi connectivity index (χ4v) is 2.85. The number of carbonyl (C=O) groups is 3. The van der Waals surface area contributed by atoms with Gasteiger partial charge in [-0.2, -0.15) is 5.10 Å². The second kappa shape index (κ2) is 13.2. The zero-order valence-corrected chi connectivity index (χ0v) is 19.5. The van der Waals surface area contributed by atoms with Crippen molar-refractivity contribution in [2.75, 3.05) is 23.8 Å². The van der Waals surface area contributed by atoms with Crippen LogP contribution in [0, 0.1) is 5.82 Å². The summed E-state index contributed by atoms with van der Waals surface area (Å²) in [4.78, 5) is 36.3. The minimum Gasteiger partial charge on any atom is -0.494 e. The van der Waals surface area contributed by atoms with Crippen LogP contribution in [0.5, 0.6) is 11.5 Å². The Morgan fingerprint density at radius 1 is 0.861 bits per heavy atom. The van der Waals surface area contributed by atoms with E-state index in [9.17, 15) is 18.8 Å². The molecule has 3 amide bonds.